The van der Waals surface area contributed by atoms with Gasteiger partial charge in [-0.05, 0) is 42.5 Å². The molecule has 2 atom stereocenters. The number of fused-ring (bicyclic) bond motifs is 2. The van der Waals surface area contributed by atoms with Crippen LogP contribution in [0.15, 0.2) is 35.2 Å². The van der Waals surface area contributed by atoms with Crippen LogP contribution in [0.2, 0.25) is 5.02 Å². The molecule has 182 valence electrons. The highest BCUT2D eigenvalue weighted by Crippen LogP contribution is 2.42. The fraction of sp³-hybridized carbons (Fsp3) is 0.458. The molecule has 0 spiro atoms. The van der Waals surface area contributed by atoms with E-state index in [1.165, 1.54) is 0 Å². The SMILES string of the molecule is CC(CCC(c1ccc2c(c1)C(=O)NS2(=O)=O)N1CCNCC1)c1cc(Cl)cc2c1OCCO2. The van der Waals surface area contributed by atoms with E-state index in [0.717, 1.165) is 55.9 Å². The van der Waals surface area contributed by atoms with Crippen LogP contribution in [0.1, 0.15) is 53.2 Å². The van der Waals surface area contributed by atoms with Crippen molar-refractivity contribution in [1.82, 2.24) is 14.9 Å². The number of carbonyl (C=O) groups is 1. The first-order chi connectivity index (χ1) is 16.3. The molecule has 3 aliphatic rings. The lowest BCUT2D eigenvalue weighted by atomic mass is 9.89. The number of piperazine rings is 1. The summed E-state index contributed by atoms with van der Waals surface area (Å²) in [4.78, 5) is 14.8. The van der Waals surface area contributed by atoms with E-state index in [-0.39, 0.29) is 22.4 Å². The number of ether oxygens (including phenoxy) is 2. The largest absolute Gasteiger partial charge is 0.486 e. The maximum Gasteiger partial charge on any atom is 0.266 e. The first-order valence-corrected chi connectivity index (χ1v) is 13.4. The van der Waals surface area contributed by atoms with Crippen molar-refractivity contribution in [1.29, 1.82) is 0 Å². The Bertz CT molecular complexity index is 1210. The third-order valence-electron chi connectivity index (χ3n) is 6.78. The molecule has 3 aliphatic heterocycles. The molecule has 5 rings (SSSR count). The molecule has 3 heterocycles. The van der Waals surface area contributed by atoms with E-state index in [9.17, 15) is 13.2 Å². The maximum atomic E-state index is 12.3. The number of benzene rings is 2. The third-order valence-corrected chi connectivity index (χ3v) is 8.39. The summed E-state index contributed by atoms with van der Waals surface area (Å²) in [5.74, 6) is 1.05. The fourth-order valence-corrected chi connectivity index (χ4v) is 6.40. The topological polar surface area (TPSA) is 97.0 Å². The summed E-state index contributed by atoms with van der Waals surface area (Å²) in [7, 11) is -3.76. The van der Waals surface area contributed by atoms with Gasteiger partial charge in [0.2, 0.25) is 0 Å². The van der Waals surface area contributed by atoms with Crippen LogP contribution in [0, 0.1) is 0 Å². The molecule has 2 aromatic rings. The predicted octanol–water partition coefficient (Wildman–Crippen LogP) is 3.07. The van der Waals surface area contributed by atoms with Gasteiger partial charge >= 0.3 is 0 Å². The van der Waals surface area contributed by atoms with Crippen LogP contribution >= 0.6 is 11.6 Å². The average molecular weight is 506 g/mol. The quantitative estimate of drug-likeness (QED) is 0.622. The minimum absolute atomic E-state index is 0.0522. The van der Waals surface area contributed by atoms with Gasteiger partial charge in [0.15, 0.2) is 11.5 Å². The van der Waals surface area contributed by atoms with Gasteiger partial charge in [-0.3, -0.25) is 9.69 Å². The van der Waals surface area contributed by atoms with Gasteiger partial charge in [0.1, 0.15) is 18.1 Å². The zero-order chi connectivity index (χ0) is 23.9. The Kier molecular flexibility index (Phi) is 6.45. The Balaban J connectivity index is 1.42. The van der Waals surface area contributed by atoms with Crippen LogP contribution in [0.3, 0.4) is 0 Å². The summed E-state index contributed by atoms with van der Waals surface area (Å²) < 4.78 is 38.1. The lowest BCUT2D eigenvalue weighted by Crippen LogP contribution is -2.45. The molecular formula is C24H28ClN3O5S. The molecule has 1 fully saturated rings. The van der Waals surface area contributed by atoms with E-state index < -0.39 is 15.9 Å². The average Bonchev–Trinajstić information content (AvgIpc) is 3.06. The van der Waals surface area contributed by atoms with Crippen molar-refractivity contribution < 1.29 is 22.7 Å². The van der Waals surface area contributed by atoms with E-state index in [0.29, 0.717) is 24.0 Å². The Hall–Kier alpha value is -2.33. The number of hydrogen-bond acceptors (Lipinski definition) is 7. The molecule has 1 saturated heterocycles. The molecule has 1 amide bonds. The number of rotatable bonds is 6. The number of nitrogens with one attached hydrogen (secondary N) is 2. The van der Waals surface area contributed by atoms with Crippen molar-refractivity contribution >= 4 is 27.5 Å². The van der Waals surface area contributed by atoms with Gasteiger partial charge in [0, 0.05) is 48.9 Å². The number of sulfonamides is 1. The van der Waals surface area contributed by atoms with Gasteiger partial charge in [-0.2, -0.15) is 0 Å². The van der Waals surface area contributed by atoms with Crippen LogP contribution in [0.4, 0.5) is 0 Å². The van der Waals surface area contributed by atoms with Crippen molar-refractivity contribution in [3.63, 3.8) is 0 Å². The van der Waals surface area contributed by atoms with E-state index >= 15 is 0 Å². The van der Waals surface area contributed by atoms with E-state index in [1.54, 1.807) is 18.2 Å². The highest BCUT2D eigenvalue weighted by molar-refractivity contribution is 7.90. The Morgan fingerprint density at radius 2 is 1.85 bits per heavy atom. The second-order valence-electron chi connectivity index (χ2n) is 8.99. The summed E-state index contributed by atoms with van der Waals surface area (Å²) >= 11 is 6.36. The van der Waals surface area contributed by atoms with Crippen molar-refractivity contribution in [3.05, 3.63) is 52.0 Å². The molecule has 2 aromatic carbocycles. The zero-order valence-electron chi connectivity index (χ0n) is 19.0. The zero-order valence-corrected chi connectivity index (χ0v) is 20.5. The van der Waals surface area contributed by atoms with Gasteiger partial charge in [0.25, 0.3) is 15.9 Å². The lowest BCUT2D eigenvalue weighted by Gasteiger charge is -2.36. The summed E-state index contributed by atoms with van der Waals surface area (Å²) in [5.41, 5.74) is 2.20. The van der Waals surface area contributed by atoms with E-state index in [4.69, 9.17) is 21.1 Å². The first kappa shape index (κ1) is 23.4. The number of nitrogens with zero attached hydrogens (tertiary/aromatic N) is 1. The molecule has 34 heavy (non-hydrogen) atoms. The molecular weight excluding hydrogens is 478 g/mol. The van der Waals surface area contributed by atoms with Crippen molar-refractivity contribution in [2.45, 2.75) is 36.6 Å². The van der Waals surface area contributed by atoms with Crippen LogP contribution in [-0.2, 0) is 10.0 Å². The number of halogens is 1. The van der Waals surface area contributed by atoms with Crippen LogP contribution in [0.5, 0.6) is 11.5 Å². The molecule has 0 radical (unpaired) electrons. The van der Waals surface area contributed by atoms with Crippen LogP contribution in [0.25, 0.3) is 0 Å². The maximum absolute atomic E-state index is 12.3. The molecule has 0 aliphatic carbocycles. The van der Waals surface area contributed by atoms with Gasteiger partial charge in [-0.25, -0.2) is 13.1 Å². The number of hydrogen-bond donors (Lipinski definition) is 2. The van der Waals surface area contributed by atoms with Gasteiger partial charge in [-0.15, -0.1) is 0 Å². The highest BCUT2D eigenvalue weighted by Gasteiger charge is 2.34. The minimum Gasteiger partial charge on any atom is -0.486 e. The standard InChI is InChI=1S/C24H28ClN3O5S/c1-15(18-13-17(25)14-21-23(18)33-11-10-32-21)2-4-20(28-8-6-26-7-9-28)16-3-5-22-19(12-16)24(29)27-34(22,30)31/h3,5,12-15,20,26H,2,4,6-11H2,1H3,(H,27,29). The second kappa shape index (κ2) is 9.37. The highest BCUT2D eigenvalue weighted by atomic mass is 35.5. The molecule has 0 aromatic heterocycles. The molecule has 0 saturated carbocycles. The third kappa shape index (κ3) is 4.49. The van der Waals surface area contributed by atoms with Gasteiger partial charge in [-0.1, -0.05) is 24.6 Å². The fourth-order valence-electron chi connectivity index (χ4n) is 5.03. The molecule has 0 bridgehead atoms. The van der Waals surface area contributed by atoms with Crippen molar-refractivity contribution in [2.24, 2.45) is 0 Å². The van der Waals surface area contributed by atoms with E-state index in [1.807, 2.05) is 12.1 Å². The number of amides is 1. The lowest BCUT2D eigenvalue weighted by molar-refractivity contribution is 0.0984. The summed E-state index contributed by atoms with van der Waals surface area (Å²) in [6, 6.07) is 8.92. The van der Waals surface area contributed by atoms with Crippen molar-refractivity contribution in [2.75, 3.05) is 39.4 Å². The van der Waals surface area contributed by atoms with Crippen LogP contribution in [-0.4, -0.2) is 58.6 Å². The predicted molar refractivity (Wildman–Crippen MR) is 128 cm³/mol. The molecule has 2 N–H and O–H groups in total. The van der Waals surface area contributed by atoms with Crippen LogP contribution < -0.4 is 19.5 Å². The Labute approximate surface area is 204 Å². The first-order valence-electron chi connectivity index (χ1n) is 11.6. The second-order valence-corrected chi connectivity index (χ2v) is 11.1. The Morgan fingerprint density at radius 1 is 1.09 bits per heavy atom. The summed E-state index contributed by atoms with van der Waals surface area (Å²) in [5, 5.41) is 4.00. The minimum atomic E-state index is -3.76. The normalized spacial score (nSPS) is 20.9. The molecule has 8 nitrogen and oxygen atoms in total. The molecule has 2 unspecified atom stereocenters. The molecule has 10 heteroatoms. The number of carbonyl (C=O) groups excluding carboxylic acids is 1. The Morgan fingerprint density at radius 3 is 2.65 bits per heavy atom. The van der Waals surface area contributed by atoms with Gasteiger partial charge < -0.3 is 14.8 Å². The smallest absolute Gasteiger partial charge is 0.266 e. The van der Waals surface area contributed by atoms with Crippen molar-refractivity contribution in [3.8, 4) is 11.5 Å². The summed E-state index contributed by atoms with van der Waals surface area (Å²) in [6.07, 6.45) is 1.68. The van der Waals surface area contributed by atoms with Gasteiger partial charge in [0.05, 0.1) is 5.56 Å². The van der Waals surface area contributed by atoms with E-state index in [2.05, 4.69) is 21.9 Å². The summed E-state index contributed by atoms with van der Waals surface area (Å²) in [6.45, 7) is 6.71. The monoisotopic (exact) mass is 505 g/mol.